The first-order chi connectivity index (χ1) is 12.2. The second-order valence-corrected chi connectivity index (χ2v) is 5.93. The lowest BCUT2D eigenvalue weighted by Crippen LogP contribution is -2.13. The Morgan fingerprint density at radius 1 is 1.12 bits per heavy atom. The largest absolute Gasteiger partial charge is 0.370 e. The molecule has 1 amide bonds. The highest BCUT2D eigenvalue weighted by atomic mass is 16.1. The molecule has 0 spiro atoms. The zero-order valence-electron chi connectivity index (χ0n) is 13.4. The third-order valence-electron chi connectivity index (χ3n) is 4.39. The van der Waals surface area contributed by atoms with Gasteiger partial charge in [-0.25, -0.2) is 4.98 Å². The SMILES string of the molecule is NC(=O)CCn1c2ccc(C=O)cc2c2cc(-n3ccnc3)ccc21. The van der Waals surface area contributed by atoms with Crippen molar-refractivity contribution in [2.24, 2.45) is 5.73 Å². The van der Waals surface area contributed by atoms with Crippen LogP contribution >= 0.6 is 0 Å². The fourth-order valence-corrected chi connectivity index (χ4v) is 3.22. The van der Waals surface area contributed by atoms with E-state index < -0.39 is 0 Å². The van der Waals surface area contributed by atoms with Crippen LogP contribution in [0.1, 0.15) is 16.8 Å². The standard InChI is InChI=1S/C19H16N4O2/c20-19(25)5-7-23-17-3-1-13(11-24)9-15(17)16-10-14(2-4-18(16)23)22-8-6-21-12-22/h1-4,6,8-12H,5,7H2,(H2,20,25). The van der Waals surface area contributed by atoms with Gasteiger partial charge in [-0.15, -0.1) is 0 Å². The lowest BCUT2D eigenvalue weighted by molar-refractivity contribution is -0.118. The molecule has 0 aliphatic heterocycles. The molecule has 6 nitrogen and oxygen atoms in total. The molecule has 2 heterocycles. The van der Waals surface area contributed by atoms with Crippen molar-refractivity contribution in [3.63, 3.8) is 0 Å². The minimum atomic E-state index is -0.338. The van der Waals surface area contributed by atoms with Crippen molar-refractivity contribution in [1.82, 2.24) is 14.1 Å². The molecule has 0 fully saturated rings. The van der Waals surface area contributed by atoms with Crippen LogP contribution in [0.25, 0.3) is 27.5 Å². The van der Waals surface area contributed by atoms with E-state index in [1.165, 1.54) is 0 Å². The molecule has 4 aromatic rings. The van der Waals surface area contributed by atoms with Gasteiger partial charge >= 0.3 is 0 Å². The Morgan fingerprint density at radius 3 is 2.56 bits per heavy atom. The molecular formula is C19H16N4O2. The number of aryl methyl sites for hydroxylation is 1. The molecule has 25 heavy (non-hydrogen) atoms. The summed E-state index contributed by atoms with van der Waals surface area (Å²) in [6.45, 7) is 0.500. The molecule has 0 bridgehead atoms. The Hall–Kier alpha value is -3.41. The van der Waals surface area contributed by atoms with Gasteiger partial charge in [-0.05, 0) is 36.4 Å². The number of aromatic nitrogens is 3. The van der Waals surface area contributed by atoms with E-state index in [1.54, 1.807) is 18.6 Å². The summed E-state index contributed by atoms with van der Waals surface area (Å²) in [6, 6.07) is 11.7. The first kappa shape index (κ1) is 15.1. The summed E-state index contributed by atoms with van der Waals surface area (Å²) in [6.07, 6.45) is 6.45. The van der Waals surface area contributed by atoms with Crippen LogP contribution in [0.15, 0.2) is 55.1 Å². The third kappa shape index (κ3) is 2.57. The molecule has 124 valence electrons. The zero-order chi connectivity index (χ0) is 17.4. The van der Waals surface area contributed by atoms with Crippen LogP contribution in [-0.2, 0) is 11.3 Å². The van der Waals surface area contributed by atoms with Crippen LogP contribution in [0.2, 0.25) is 0 Å². The van der Waals surface area contributed by atoms with Crippen LogP contribution in [-0.4, -0.2) is 26.3 Å². The van der Waals surface area contributed by atoms with Crippen molar-refractivity contribution < 1.29 is 9.59 Å². The Balaban J connectivity index is 1.99. The molecule has 0 saturated heterocycles. The van der Waals surface area contributed by atoms with Crippen molar-refractivity contribution in [2.45, 2.75) is 13.0 Å². The fraction of sp³-hybridized carbons (Fsp3) is 0.105. The van der Waals surface area contributed by atoms with Crippen molar-refractivity contribution in [3.8, 4) is 5.69 Å². The monoisotopic (exact) mass is 332 g/mol. The maximum atomic E-state index is 11.2. The van der Waals surface area contributed by atoms with E-state index in [-0.39, 0.29) is 12.3 Å². The van der Waals surface area contributed by atoms with Crippen LogP contribution < -0.4 is 5.73 Å². The van der Waals surface area contributed by atoms with Gasteiger partial charge in [0.25, 0.3) is 0 Å². The number of benzene rings is 2. The molecule has 0 atom stereocenters. The van der Waals surface area contributed by atoms with E-state index in [1.807, 2.05) is 35.0 Å². The molecule has 6 heteroatoms. The minimum Gasteiger partial charge on any atom is -0.370 e. The lowest BCUT2D eigenvalue weighted by Gasteiger charge is -2.07. The molecule has 0 saturated carbocycles. The molecule has 0 aliphatic rings. The summed E-state index contributed by atoms with van der Waals surface area (Å²) >= 11 is 0. The van der Waals surface area contributed by atoms with Crippen molar-refractivity contribution >= 4 is 34.0 Å². The van der Waals surface area contributed by atoms with Gasteiger partial charge in [-0.3, -0.25) is 9.59 Å². The van der Waals surface area contributed by atoms with Crippen LogP contribution in [0.3, 0.4) is 0 Å². The molecule has 2 N–H and O–H groups in total. The van der Waals surface area contributed by atoms with Gasteiger partial charge in [0.15, 0.2) is 0 Å². The first-order valence-electron chi connectivity index (χ1n) is 7.95. The van der Waals surface area contributed by atoms with Crippen molar-refractivity contribution in [3.05, 3.63) is 60.7 Å². The van der Waals surface area contributed by atoms with Gasteiger partial charge < -0.3 is 14.9 Å². The highest BCUT2D eigenvalue weighted by molar-refractivity contribution is 6.10. The van der Waals surface area contributed by atoms with Crippen LogP contribution in [0.4, 0.5) is 0 Å². The summed E-state index contributed by atoms with van der Waals surface area (Å²) in [5.41, 5.74) is 8.90. The quantitative estimate of drug-likeness (QED) is 0.570. The number of fused-ring (bicyclic) bond motifs is 3. The van der Waals surface area contributed by atoms with E-state index in [9.17, 15) is 9.59 Å². The Labute approximate surface area is 143 Å². The number of primary amides is 1. The number of rotatable bonds is 5. The van der Waals surface area contributed by atoms with Crippen LogP contribution in [0.5, 0.6) is 0 Å². The molecule has 4 rings (SSSR count). The second kappa shape index (κ2) is 5.90. The van der Waals surface area contributed by atoms with Gasteiger partial charge in [-0.2, -0.15) is 0 Å². The summed E-state index contributed by atoms with van der Waals surface area (Å²) in [5, 5.41) is 2.00. The number of nitrogens with zero attached hydrogens (tertiary/aromatic N) is 3. The number of hydrogen-bond donors (Lipinski definition) is 1. The number of amides is 1. The normalized spacial score (nSPS) is 11.2. The van der Waals surface area contributed by atoms with E-state index in [4.69, 9.17) is 5.73 Å². The van der Waals surface area contributed by atoms with Crippen molar-refractivity contribution in [2.75, 3.05) is 0 Å². The number of aldehydes is 1. The summed E-state index contributed by atoms with van der Waals surface area (Å²) < 4.78 is 4.00. The first-order valence-corrected chi connectivity index (χ1v) is 7.95. The summed E-state index contributed by atoms with van der Waals surface area (Å²) in [4.78, 5) is 26.5. The molecular weight excluding hydrogens is 316 g/mol. The second-order valence-electron chi connectivity index (χ2n) is 5.93. The third-order valence-corrected chi connectivity index (χ3v) is 4.39. The van der Waals surface area contributed by atoms with Gasteiger partial charge in [0.05, 0.1) is 6.33 Å². The van der Waals surface area contributed by atoms with E-state index in [0.717, 1.165) is 33.8 Å². The maximum absolute atomic E-state index is 11.2. The van der Waals surface area contributed by atoms with Gasteiger partial charge in [0, 0.05) is 58.4 Å². The average molecular weight is 332 g/mol. The maximum Gasteiger partial charge on any atom is 0.219 e. The summed E-state index contributed by atoms with van der Waals surface area (Å²) in [5.74, 6) is -0.338. The highest BCUT2D eigenvalue weighted by Crippen LogP contribution is 2.31. The van der Waals surface area contributed by atoms with Crippen molar-refractivity contribution in [1.29, 1.82) is 0 Å². The molecule has 0 aliphatic carbocycles. The predicted octanol–water partition coefficient (Wildman–Crippen LogP) is 2.67. The molecule has 2 aromatic carbocycles. The fourth-order valence-electron chi connectivity index (χ4n) is 3.22. The van der Waals surface area contributed by atoms with E-state index in [2.05, 4.69) is 15.6 Å². The smallest absolute Gasteiger partial charge is 0.219 e. The molecule has 2 aromatic heterocycles. The topological polar surface area (TPSA) is 82.9 Å². The van der Waals surface area contributed by atoms with Gasteiger partial charge in [0.2, 0.25) is 5.91 Å². The highest BCUT2D eigenvalue weighted by Gasteiger charge is 2.13. The Kier molecular flexibility index (Phi) is 3.57. The number of carbonyl (C=O) groups excluding carboxylic acids is 2. The molecule has 0 radical (unpaired) electrons. The minimum absolute atomic E-state index is 0.261. The predicted molar refractivity (Wildman–Crippen MR) is 95.8 cm³/mol. The zero-order valence-corrected chi connectivity index (χ0v) is 13.4. The molecule has 0 unspecified atom stereocenters. The summed E-state index contributed by atoms with van der Waals surface area (Å²) in [7, 11) is 0. The van der Waals surface area contributed by atoms with E-state index in [0.29, 0.717) is 12.1 Å². The van der Waals surface area contributed by atoms with Gasteiger partial charge in [0.1, 0.15) is 6.29 Å². The number of imidazole rings is 1. The lowest BCUT2D eigenvalue weighted by atomic mass is 10.1. The average Bonchev–Trinajstić information content (AvgIpc) is 3.25. The Bertz CT molecular complexity index is 1090. The number of carbonyl (C=O) groups is 2. The Morgan fingerprint density at radius 2 is 1.88 bits per heavy atom. The number of hydrogen-bond acceptors (Lipinski definition) is 3. The van der Waals surface area contributed by atoms with E-state index >= 15 is 0 Å². The van der Waals surface area contributed by atoms with Crippen LogP contribution in [0, 0.1) is 0 Å². The number of nitrogens with two attached hydrogens (primary N) is 1. The van der Waals surface area contributed by atoms with Gasteiger partial charge in [-0.1, -0.05) is 0 Å².